The quantitative estimate of drug-likeness (QED) is 0.153. The first-order valence-electron chi connectivity index (χ1n) is 20.9. The molecule has 5 nitrogen and oxygen atoms in total. The summed E-state index contributed by atoms with van der Waals surface area (Å²) in [5, 5.41) is 11.6. The van der Waals surface area contributed by atoms with E-state index in [-0.39, 0.29) is 0 Å². The van der Waals surface area contributed by atoms with Gasteiger partial charge in [-0.2, -0.15) is 5.26 Å². The van der Waals surface area contributed by atoms with E-state index in [4.69, 9.17) is 19.4 Å². The number of aromatic nitrogens is 3. The predicted octanol–water partition coefficient (Wildman–Crippen LogP) is 15.0. The number of rotatable bonds is 8. The largest absolute Gasteiger partial charge is 0.456 e. The van der Waals surface area contributed by atoms with Gasteiger partial charge in [0.15, 0.2) is 17.5 Å². The Morgan fingerprint density at radius 2 is 0.746 bits per heavy atom. The molecule has 0 spiro atoms. The Morgan fingerprint density at radius 1 is 0.317 bits per heavy atom. The molecule has 9 aromatic carbocycles. The maximum Gasteiger partial charge on any atom is 0.164 e. The number of hydrogen-bond donors (Lipinski definition) is 0. The van der Waals surface area contributed by atoms with Crippen molar-refractivity contribution in [2.24, 2.45) is 0 Å². The lowest BCUT2D eigenvalue weighted by Gasteiger charge is -2.11. The molecule has 0 unspecified atom stereocenters. The van der Waals surface area contributed by atoms with E-state index in [0.717, 1.165) is 83.1 Å². The summed E-state index contributed by atoms with van der Waals surface area (Å²) in [7, 11) is 0. The van der Waals surface area contributed by atoms with Gasteiger partial charge in [0.2, 0.25) is 0 Å². The standard InChI is InChI=1S/C58H36N4O/c59-37-38-12-7-17-43(32-38)41-26-28-42(29-27-41)56-60-57(49-23-10-21-47(35-49)46-20-8-18-44(33-46)39-13-3-1-4-14-39)62-58(61-56)50-30-31-52-54(36-50)63-53-25-11-24-51(55(52)53)48-22-9-19-45(34-48)40-15-5-2-6-16-40/h1-36H. The molecule has 0 N–H and O–H groups in total. The van der Waals surface area contributed by atoms with Crippen molar-refractivity contribution in [2.75, 3.05) is 0 Å². The summed E-state index contributed by atoms with van der Waals surface area (Å²) < 4.78 is 6.61. The van der Waals surface area contributed by atoms with Crippen molar-refractivity contribution in [3.05, 3.63) is 224 Å². The lowest BCUT2D eigenvalue weighted by molar-refractivity contribution is 0.669. The molecule has 0 saturated carbocycles. The highest BCUT2D eigenvalue weighted by Gasteiger charge is 2.18. The van der Waals surface area contributed by atoms with E-state index in [1.807, 2.05) is 72.8 Å². The summed E-state index contributed by atoms with van der Waals surface area (Å²) in [4.78, 5) is 15.4. The Morgan fingerprint density at radius 3 is 1.38 bits per heavy atom. The normalized spacial score (nSPS) is 11.2. The molecule has 0 fully saturated rings. The van der Waals surface area contributed by atoms with E-state index in [2.05, 4.69) is 152 Å². The maximum atomic E-state index is 9.50. The van der Waals surface area contributed by atoms with Gasteiger partial charge in [-0.1, -0.05) is 170 Å². The average molecular weight is 805 g/mol. The summed E-state index contributed by atoms with van der Waals surface area (Å²) in [5.74, 6) is 1.65. The molecular weight excluding hydrogens is 769 g/mol. The summed E-state index contributed by atoms with van der Waals surface area (Å²) in [6.45, 7) is 0. The molecule has 2 aromatic heterocycles. The summed E-state index contributed by atoms with van der Waals surface area (Å²) in [6.07, 6.45) is 0. The fourth-order valence-electron chi connectivity index (χ4n) is 8.39. The zero-order valence-corrected chi connectivity index (χ0v) is 34.0. The van der Waals surface area contributed by atoms with Crippen molar-refractivity contribution >= 4 is 21.9 Å². The van der Waals surface area contributed by atoms with Gasteiger partial charge in [0.1, 0.15) is 11.2 Å². The van der Waals surface area contributed by atoms with Crippen LogP contribution < -0.4 is 0 Å². The van der Waals surface area contributed by atoms with Gasteiger partial charge < -0.3 is 4.42 Å². The highest BCUT2D eigenvalue weighted by molar-refractivity contribution is 6.13. The van der Waals surface area contributed by atoms with Crippen LogP contribution >= 0.6 is 0 Å². The monoisotopic (exact) mass is 804 g/mol. The number of nitrogens with zero attached hydrogens (tertiary/aromatic N) is 4. The van der Waals surface area contributed by atoms with Gasteiger partial charge in [-0.15, -0.1) is 0 Å². The fourth-order valence-corrected chi connectivity index (χ4v) is 8.39. The van der Waals surface area contributed by atoms with Crippen LogP contribution in [0.3, 0.4) is 0 Å². The fraction of sp³-hybridized carbons (Fsp3) is 0. The van der Waals surface area contributed by atoms with Crippen LogP contribution in [0, 0.1) is 11.3 Å². The number of nitriles is 1. The van der Waals surface area contributed by atoms with Crippen molar-refractivity contribution in [3.8, 4) is 95.9 Å². The lowest BCUT2D eigenvalue weighted by Crippen LogP contribution is -2.00. The van der Waals surface area contributed by atoms with Crippen LogP contribution in [0.2, 0.25) is 0 Å². The van der Waals surface area contributed by atoms with Crippen LogP contribution in [0.15, 0.2) is 223 Å². The van der Waals surface area contributed by atoms with E-state index >= 15 is 0 Å². The van der Waals surface area contributed by atoms with Crippen molar-refractivity contribution in [2.45, 2.75) is 0 Å². The van der Waals surface area contributed by atoms with E-state index in [0.29, 0.717) is 23.0 Å². The second-order valence-electron chi connectivity index (χ2n) is 15.5. The second-order valence-corrected chi connectivity index (χ2v) is 15.5. The molecule has 11 aromatic rings. The molecule has 0 aliphatic carbocycles. The molecule has 0 radical (unpaired) electrons. The highest BCUT2D eigenvalue weighted by atomic mass is 16.3. The molecule has 2 heterocycles. The lowest BCUT2D eigenvalue weighted by atomic mass is 9.96. The second kappa shape index (κ2) is 16.0. The van der Waals surface area contributed by atoms with Crippen molar-refractivity contribution in [1.29, 1.82) is 5.26 Å². The minimum Gasteiger partial charge on any atom is -0.456 e. The Balaban J connectivity index is 1.02. The van der Waals surface area contributed by atoms with E-state index in [9.17, 15) is 5.26 Å². The molecule has 294 valence electrons. The van der Waals surface area contributed by atoms with Gasteiger partial charge in [-0.25, -0.2) is 15.0 Å². The zero-order valence-electron chi connectivity index (χ0n) is 34.0. The highest BCUT2D eigenvalue weighted by Crippen LogP contribution is 2.40. The van der Waals surface area contributed by atoms with Gasteiger partial charge in [0.25, 0.3) is 0 Å². The Kier molecular flexibility index (Phi) is 9.50. The number of benzene rings is 9. The topological polar surface area (TPSA) is 75.6 Å². The van der Waals surface area contributed by atoms with Gasteiger partial charge in [-0.3, -0.25) is 0 Å². The minimum atomic E-state index is 0.537. The van der Waals surface area contributed by atoms with Gasteiger partial charge in [0.05, 0.1) is 11.6 Å². The first kappa shape index (κ1) is 37.3. The first-order valence-corrected chi connectivity index (χ1v) is 20.9. The third kappa shape index (κ3) is 7.33. The van der Waals surface area contributed by atoms with Gasteiger partial charge in [-0.05, 0) is 104 Å². The van der Waals surface area contributed by atoms with E-state index < -0.39 is 0 Å². The average Bonchev–Trinajstić information content (AvgIpc) is 3.75. The molecule has 63 heavy (non-hydrogen) atoms. The number of furan rings is 1. The Hall–Kier alpha value is -8.72. The van der Waals surface area contributed by atoms with Crippen molar-refractivity contribution in [3.63, 3.8) is 0 Å². The van der Waals surface area contributed by atoms with Gasteiger partial charge >= 0.3 is 0 Å². The smallest absolute Gasteiger partial charge is 0.164 e. The first-order chi connectivity index (χ1) is 31.1. The molecule has 0 aliphatic rings. The van der Waals surface area contributed by atoms with E-state index in [1.54, 1.807) is 0 Å². The zero-order chi connectivity index (χ0) is 42.1. The van der Waals surface area contributed by atoms with Gasteiger partial charge in [0, 0.05) is 27.5 Å². The van der Waals surface area contributed by atoms with Crippen molar-refractivity contribution in [1.82, 2.24) is 15.0 Å². The van der Waals surface area contributed by atoms with Crippen LogP contribution in [-0.4, -0.2) is 15.0 Å². The molecule has 0 saturated heterocycles. The van der Waals surface area contributed by atoms with Crippen LogP contribution in [0.25, 0.3) is 112 Å². The van der Waals surface area contributed by atoms with Crippen LogP contribution in [0.4, 0.5) is 0 Å². The summed E-state index contributed by atoms with van der Waals surface area (Å²) in [6, 6.07) is 77.0. The molecule has 5 heteroatoms. The third-order valence-corrected chi connectivity index (χ3v) is 11.6. The Bertz CT molecular complexity index is 3510. The molecule has 0 bridgehead atoms. The molecule has 11 rings (SSSR count). The summed E-state index contributed by atoms with van der Waals surface area (Å²) >= 11 is 0. The Labute approximate surface area is 364 Å². The third-order valence-electron chi connectivity index (χ3n) is 11.6. The van der Waals surface area contributed by atoms with Crippen LogP contribution in [-0.2, 0) is 0 Å². The predicted molar refractivity (Wildman–Crippen MR) is 255 cm³/mol. The summed E-state index contributed by atoms with van der Waals surface area (Å²) in [5.41, 5.74) is 15.7. The molecule has 0 amide bonds. The molecular formula is C58H36N4O. The SMILES string of the molecule is N#Cc1cccc(-c2ccc(-c3nc(-c4cccc(-c5cccc(-c6ccccc6)c5)c4)nc(-c4ccc5c(c4)oc4cccc(-c6cccc(-c7ccccc7)c6)c45)n3)cc2)c1. The van der Waals surface area contributed by atoms with E-state index in [1.165, 1.54) is 11.1 Å². The number of fused-ring (bicyclic) bond motifs is 3. The number of hydrogen-bond acceptors (Lipinski definition) is 5. The maximum absolute atomic E-state index is 9.50. The van der Waals surface area contributed by atoms with Crippen LogP contribution in [0.1, 0.15) is 5.56 Å². The molecule has 0 aliphatic heterocycles. The van der Waals surface area contributed by atoms with Crippen LogP contribution in [0.5, 0.6) is 0 Å². The molecule has 0 atom stereocenters. The minimum absolute atomic E-state index is 0.537. The van der Waals surface area contributed by atoms with Crippen molar-refractivity contribution < 1.29 is 4.42 Å².